The molecule has 3 N–H and O–H groups in total. The molecule has 18 heavy (non-hydrogen) atoms. The Kier molecular flexibility index (Phi) is 4.74. The lowest BCUT2D eigenvalue weighted by Crippen LogP contribution is -2.40. The normalized spacial score (nSPS) is 21.1. The second kappa shape index (κ2) is 6.12. The second-order valence-corrected chi connectivity index (χ2v) is 7.40. The van der Waals surface area contributed by atoms with E-state index >= 15 is 0 Å². The first-order chi connectivity index (χ1) is 8.62. The number of rotatable bonds is 5. The Bertz CT molecular complexity index is 478. The van der Waals surface area contributed by atoms with Gasteiger partial charge in [0, 0.05) is 17.5 Å². The quantitative estimate of drug-likeness (QED) is 0.836. The van der Waals surface area contributed by atoms with E-state index in [4.69, 9.17) is 10.5 Å². The van der Waals surface area contributed by atoms with Gasteiger partial charge < -0.3 is 10.5 Å². The van der Waals surface area contributed by atoms with Crippen LogP contribution >= 0.6 is 11.3 Å². The van der Waals surface area contributed by atoms with Crippen molar-refractivity contribution in [3.05, 3.63) is 17.0 Å². The van der Waals surface area contributed by atoms with Crippen LogP contribution in [0.15, 0.2) is 16.3 Å². The Morgan fingerprint density at radius 2 is 2.33 bits per heavy atom. The number of sulfonamides is 1. The summed E-state index contributed by atoms with van der Waals surface area (Å²) in [4.78, 5) is 0.998. The first-order valence-electron chi connectivity index (χ1n) is 6.00. The van der Waals surface area contributed by atoms with Crippen molar-refractivity contribution in [2.45, 2.75) is 29.5 Å². The van der Waals surface area contributed by atoms with Gasteiger partial charge in [-0.1, -0.05) is 0 Å². The van der Waals surface area contributed by atoms with Gasteiger partial charge in [0.05, 0.1) is 6.61 Å². The number of ether oxygens (including phenoxy) is 1. The highest BCUT2D eigenvalue weighted by Crippen LogP contribution is 2.22. The summed E-state index contributed by atoms with van der Waals surface area (Å²) in [5.41, 5.74) is 5.45. The molecule has 1 atom stereocenters. The van der Waals surface area contributed by atoms with Crippen molar-refractivity contribution >= 4 is 21.4 Å². The fourth-order valence-electron chi connectivity index (χ4n) is 1.89. The molecule has 1 aromatic rings. The number of thiophene rings is 1. The predicted octanol–water partition coefficient (Wildman–Crippen LogP) is 0.707. The first kappa shape index (κ1) is 14.0. The van der Waals surface area contributed by atoms with Crippen LogP contribution < -0.4 is 10.5 Å². The van der Waals surface area contributed by atoms with Crippen LogP contribution in [0.25, 0.3) is 0 Å². The molecule has 0 bridgehead atoms. The van der Waals surface area contributed by atoms with Crippen LogP contribution in [0.2, 0.25) is 0 Å². The van der Waals surface area contributed by atoms with Gasteiger partial charge in [0.1, 0.15) is 4.21 Å². The molecule has 0 aromatic carbocycles. The first-order valence-corrected chi connectivity index (χ1v) is 8.30. The van der Waals surface area contributed by atoms with E-state index in [2.05, 4.69) is 4.72 Å². The van der Waals surface area contributed by atoms with Crippen LogP contribution in [-0.4, -0.2) is 34.2 Å². The van der Waals surface area contributed by atoms with Crippen molar-refractivity contribution in [1.82, 2.24) is 4.72 Å². The minimum atomic E-state index is -3.41. The molecule has 0 saturated carbocycles. The molecule has 1 fully saturated rings. The van der Waals surface area contributed by atoms with Crippen LogP contribution in [0.5, 0.6) is 0 Å². The zero-order valence-corrected chi connectivity index (χ0v) is 11.7. The monoisotopic (exact) mass is 290 g/mol. The minimum Gasteiger partial charge on any atom is -0.380 e. The third-order valence-electron chi connectivity index (χ3n) is 2.77. The molecule has 102 valence electrons. The van der Waals surface area contributed by atoms with Crippen LogP contribution in [0, 0.1) is 0 Å². The van der Waals surface area contributed by atoms with Crippen LogP contribution in [0.1, 0.15) is 17.7 Å². The highest BCUT2D eigenvalue weighted by atomic mass is 32.2. The van der Waals surface area contributed by atoms with Gasteiger partial charge in [-0.15, -0.1) is 11.3 Å². The maximum absolute atomic E-state index is 12.1. The van der Waals surface area contributed by atoms with E-state index in [1.54, 1.807) is 6.07 Å². The molecule has 1 aliphatic heterocycles. The van der Waals surface area contributed by atoms with Crippen LogP contribution in [0.4, 0.5) is 0 Å². The maximum Gasteiger partial charge on any atom is 0.250 e. The van der Waals surface area contributed by atoms with E-state index in [0.29, 0.717) is 23.8 Å². The van der Waals surface area contributed by atoms with Crippen molar-refractivity contribution < 1.29 is 13.2 Å². The number of nitrogens with two attached hydrogens (primary N) is 1. The Hall–Kier alpha value is -0.470. The second-order valence-electron chi connectivity index (χ2n) is 4.29. The molecule has 5 nitrogen and oxygen atoms in total. The molecule has 1 aliphatic rings. The van der Waals surface area contributed by atoms with Crippen molar-refractivity contribution in [1.29, 1.82) is 0 Å². The summed E-state index contributed by atoms with van der Waals surface area (Å²) in [6, 6.07) is 3.36. The minimum absolute atomic E-state index is 0.108. The average molecular weight is 290 g/mol. The SMILES string of the molecule is NCCc1ccc(S(=O)(=O)NC2CCCOC2)s1. The van der Waals surface area contributed by atoms with E-state index in [9.17, 15) is 8.42 Å². The van der Waals surface area contributed by atoms with Gasteiger partial charge in [-0.2, -0.15) is 0 Å². The Labute approximate surface area is 111 Å². The van der Waals surface area contributed by atoms with Gasteiger partial charge in [-0.3, -0.25) is 0 Å². The highest BCUT2D eigenvalue weighted by molar-refractivity contribution is 7.91. The fourth-order valence-corrected chi connectivity index (χ4v) is 4.53. The summed E-state index contributed by atoms with van der Waals surface area (Å²) in [6.45, 7) is 1.71. The van der Waals surface area contributed by atoms with Crippen molar-refractivity contribution in [3.8, 4) is 0 Å². The highest BCUT2D eigenvalue weighted by Gasteiger charge is 2.23. The van der Waals surface area contributed by atoms with Gasteiger partial charge in [0.2, 0.25) is 10.0 Å². The number of hydrogen-bond donors (Lipinski definition) is 2. The standard InChI is InChI=1S/C11H18N2O3S2/c12-6-5-10-3-4-11(17-10)18(14,15)13-9-2-1-7-16-8-9/h3-4,9,13H,1-2,5-8,12H2. The summed E-state index contributed by atoms with van der Waals surface area (Å²) in [7, 11) is -3.41. The van der Waals surface area contributed by atoms with Gasteiger partial charge in [0.15, 0.2) is 0 Å². The Balaban J connectivity index is 2.04. The topological polar surface area (TPSA) is 81.4 Å². The van der Waals surface area contributed by atoms with E-state index < -0.39 is 10.0 Å². The molecule has 0 radical (unpaired) electrons. The molecule has 0 spiro atoms. The molecular formula is C11H18N2O3S2. The third-order valence-corrected chi connectivity index (χ3v) is 5.93. The lowest BCUT2D eigenvalue weighted by Gasteiger charge is -2.22. The largest absolute Gasteiger partial charge is 0.380 e. The summed E-state index contributed by atoms with van der Waals surface area (Å²) in [5.74, 6) is 0. The lowest BCUT2D eigenvalue weighted by molar-refractivity contribution is 0.0774. The molecule has 7 heteroatoms. The molecule has 2 rings (SSSR count). The van der Waals surface area contributed by atoms with E-state index in [1.807, 2.05) is 6.07 Å². The van der Waals surface area contributed by atoms with Gasteiger partial charge in [-0.25, -0.2) is 13.1 Å². The number of nitrogens with one attached hydrogen (secondary N) is 1. The maximum atomic E-state index is 12.1. The van der Waals surface area contributed by atoms with Crippen molar-refractivity contribution in [3.63, 3.8) is 0 Å². The van der Waals surface area contributed by atoms with Crippen molar-refractivity contribution in [2.24, 2.45) is 5.73 Å². The smallest absolute Gasteiger partial charge is 0.250 e. The summed E-state index contributed by atoms with van der Waals surface area (Å²) in [5, 5.41) is 0. The van der Waals surface area contributed by atoms with Crippen LogP contribution in [0.3, 0.4) is 0 Å². The number of hydrogen-bond acceptors (Lipinski definition) is 5. The lowest BCUT2D eigenvalue weighted by atomic mass is 10.1. The molecule has 1 aromatic heterocycles. The molecule has 1 unspecified atom stereocenters. The third kappa shape index (κ3) is 3.52. The van der Waals surface area contributed by atoms with Gasteiger partial charge >= 0.3 is 0 Å². The summed E-state index contributed by atoms with van der Waals surface area (Å²) < 4.78 is 32.6. The summed E-state index contributed by atoms with van der Waals surface area (Å²) in [6.07, 6.45) is 2.45. The molecule has 0 amide bonds. The van der Waals surface area contributed by atoms with Crippen molar-refractivity contribution in [2.75, 3.05) is 19.8 Å². The molecule has 2 heterocycles. The fraction of sp³-hybridized carbons (Fsp3) is 0.636. The van der Waals surface area contributed by atoms with Crippen LogP contribution in [-0.2, 0) is 21.2 Å². The van der Waals surface area contributed by atoms with E-state index in [-0.39, 0.29) is 6.04 Å². The Morgan fingerprint density at radius 3 is 3.00 bits per heavy atom. The predicted molar refractivity (Wildman–Crippen MR) is 71.2 cm³/mol. The zero-order valence-electron chi connectivity index (χ0n) is 10.1. The van der Waals surface area contributed by atoms with Gasteiger partial charge in [0.25, 0.3) is 0 Å². The molecule has 1 saturated heterocycles. The zero-order chi connectivity index (χ0) is 13.0. The Morgan fingerprint density at radius 1 is 1.50 bits per heavy atom. The molecule has 0 aliphatic carbocycles. The van der Waals surface area contributed by atoms with E-state index in [1.165, 1.54) is 11.3 Å². The van der Waals surface area contributed by atoms with E-state index in [0.717, 1.165) is 24.3 Å². The molecular weight excluding hydrogens is 272 g/mol. The van der Waals surface area contributed by atoms with Gasteiger partial charge in [-0.05, 0) is 37.9 Å². The summed E-state index contributed by atoms with van der Waals surface area (Å²) >= 11 is 1.28. The average Bonchev–Trinajstić information content (AvgIpc) is 2.80.